The van der Waals surface area contributed by atoms with Crippen LogP contribution in [-0.2, 0) is 0 Å². The number of halogens is 3. The average molecular weight is 277 g/mol. The molecule has 3 nitrogen and oxygen atoms in total. The number of thioether (sulfide) groups is 1. The summed E-state index contributed by atoms with van der Waals surface area (Å²) in [6.07, 6.45) is -4.71. The standard InChI is InChI=1S/C11H10F3NO2S/c12-11(13,14)17-9-3-1-8(2-4-9)10(16)15-5-6-18-7-15/h1-4H,5-7H2. The number of alkyl halides is 3. The van der Waals surface area contributed by atoms with Crippen LogP contribution in [0.15, 0.2) is 24.3 Å². The quantitative estimate of drug-likeness (QED) is 0.832. The second kappa shape index (κ2) is 5.09. The first-order valence-electron chi connectivity index (χ1n) is 5.18. The lowest BCUT2D eigenvalue weighted by molar-refractivity contribution is -0.274. The first kappa shape index (κ1) is 13.1. The summed E-state index contributed by atoms with van der Waals surface area (Å²) in [5, 5.41) is 0. The van der Waals surface area contributed by atoms with E-state index in [1.807, 2.05) is 0 Å². The molecule has 1 aromatic carbocycles. The molecule has 0 saturated carbocycles. The van der Waals surface area contributed by atoms with Crippen LogP contribution in [0.4, 0.5) is 13.2 Å². The fourth-order valence-corrected chi connectivity index (χ4v) is 2.50. The van der Waals surface area contributed by atoms with Gasteiger partial charge >= 0.3 is 6.36 Å². The maximum atomic E-state index is 11.9. The van der Waals surface area contributed by atoms with E-state index >= 15 is 0 Å². The van der Waals surface area contributed by atoms with Crippen LogP contribution in [0.1, 0.15) is 10.4 Å². The summed E-state index contributed by atoms with van der Waals surface area (Å²) in [6.45, 7) is 0.671. The van der Waals surface area contributed by atoms with Gasteiger partial charge in [-0.15, -0.1) is 24.9 Å². The summed E-state index contributed by atoms with van der Waals surface area (Å²) in [5.74, 6) is 1.02. The summed E-state index contributed by atoms with van der Waals surface area (Å²) in [4.78, 5) is 13.6. The van der Waals surface area contributed by atoms with Gasteiger partial charge in [0.25, 0.3) is 5.91 Å². The Balaban J connectivity index is 2.05. The molecule has 1 amide bonds. The summed E-state index contributed by atoms with van der Waals surface area (Å²) in [5.41, 5.74) is 0.368. The van der Waals surface area contributed by atoms with Crippen molar-refractivity contribution in [2.24, 2.45) is 0 Å². The van der Waals surface area contributed by atoms with E-state index < -0.39 is 6.36 Å². The molecule has 0 atom stereocenters. The highest BCUT2D eigenvalue weighted by atomic mass is 32.2. The van der Waals surface area contributed by atoms with E-state index in [0.29, 0.717) is 18.0 Å². The van der Waals surface area contributed by atoms with Gasteiger partial charge in [-0.3, -0.25) is 4.79 Å². The molecule has 0 radical (unpaired) electrons. The molecule has 2 rings (SSSR count). The highest BCUT2D eigenvalue weighted by molar-refractivity contribution is 7.99. The van der Waals surface area contributed by atoms with Gasteiger partial charge in [0, 0.05) is 17.9 Å². The molecule has 98 valence electrons. The van der Waals surface area contributed by atoms with Gasteiger partial charge < -0.3 is 9.64 Å². The number of carbonyl (C=O) groups is 1. The predicted octanol–water partition coefficient (Wildman–Crippen LogP) is 2.73. The zero-order valence-electron chi connectivity index (χ0n) is 9.24. The Kier molecular flexibility index (Phi) is 3.70. The Morgan fingerprint density at radius 1 is 1.28 bits per heavy atom. The first-order valence-corrected chi connectivity index (χ1v) is 6.34. The van der Waals surface area contributed by atoms with Crippen molar-refractivity contribution in [3.05, 3.63) is 29.8 Å². The van der Waals surface area contributed by atoms with Crippen molar-refractivity contribution in [1.82, 2.24) is 4.90 Å². The SMILES string of the molecule is O=C(c1ccc(OC(F)(F)F)cc1)N1CCSC1. The maximum Gasteiger partial charge on any atom is 0.573 e. The lowest BCUT2D eigenvalue weighted by atomic mass is 10.2. The normalized spacial score (nSPS) is 15.8. The third-order valence-corrected chi connectivity index (χ3v) is 3.34. The summed E-state index contributed by atoms with van der Waals surface area (Å²) in [7, 11) is 0. The second-order valence-corrected chi connectivity index (χ2v) is 4.75. The second-order valence-electron chi connectivity index (χ2n) is 3.68. The van der Waals surface area contributed by atoms with Gasteiger partial charge in [0.1, 0.15) is 5.75 Å². The van der Waals surface area contributed by atoms with E-state index in [1.165, 1.54) is 12.1 Å². The van der Waals surface area contributed by atoms with Gasteiger partial charge in [0.2, 0.25) is 0 Å². The van der Waals surface area contributed by atoms with Crippen molar-refractivity contribution in [3.63, 3.8) is 0 Å². The highest BCUT2D eigenvalue weighted by Crippen LogP contribution is 2.23. The molecule has 0 aromatic heterocycles. The van der Waals surface area contributed by atoms with Crippen LogP contribution >= 0.6 is 11.8 Å². The smallest absolute Gasteiger partial charge is 0.406 e. The van der Waals surface area contributed by atoms with Crippen LogP contribution in [0.2, 0.25) is 0 Å². The van der Waals surface area contributed by atoms with Gasteiger partial charge in [-0.25, -0.2) is 0 Å². The van der Waals surface area contributed by atoms with Crippen LogP contribution in [0.3, 0.4) is 0 Å². The van der Waals surface area contributed by atoms with E-state index in [9.17, 15) is 18.0 Å². The van der Waals surface area contributed by atoms with E-state index in [0.717, 1.165) is 17.9 Å². The van der Waals surface area contributed by atoms with Gasteiger partial charge in [0.15, 0.2) is 0 Å². The molecule has 1 aliphatic heterocycles. The Bertz CT molecular complexity index is 427. The van der Waals surface area contributed by atoms with Crippen LogP contribution in [0.25, 0.3) is 0 Å². The average Bonchev–Trinajstić information content (AvgIpc) is 2.80. The van der Waals surface area contributed by atoms with E-state index in [1.54, 1.807) is 16.7 Å². The van der Waals surface area contributed by atoms with Gasteiger partial charge in [-0.05, 0) is 24.3 Å². The Labute approximate surface area is 106 Å². The Morgan fingerprint density at radius 3 is 2.44 bits per heavy atom. The molecule has 7 heteroatoms. The number of carbonyl (C=O) groups excluding carboxylic acids is 1. The third-order valence-electron chi connectivity index (χ3n) is 2.37. The number of benzene rings is 1. The van der Waals surface area contributed by atoms with Crippen molar-refractivity contribution in [2.75, 3.05) is 18.2 Å². The number of hydrogen-bond donors (Lipinski definition) is 0. The van der Waals surface area contributed by atoms with Crippen molar-refractivity contribution in [2.45, 2.75) is 6.36 Å². The summed E-state index contributed by atoms with van der Waals surface area (Å²) < 4.78 is 39.6. The molecule has 0 unspecified atom stereocenters. The zero-order valence-corrected chi connectivity index (χ0v) is 10.1. The molecule has 1 aromatic rings. The van der Waals surface area contributed by atoms with Crippen LogP contribution in [-0.4, -0.2) is 35.3 Å². The third kappa shape index (κ3) is 3.32. The predicted molar refractivity (Wildman–Crippen MR) is 61.5 cm³/mol. The van der Waals surface area contributed by atoms with Gasteiger partial charge in [-0.2, -0.15) is 0 Å². The summed E-state index contributed by atoms with van der Waals surface area (Å²) >= 11 is 1.65. The molecule has 0 N–H and O–H groups in total. The topological polar surface area (TPSA) is 29.5 Å². The molecular weight excluding hydrogens is 267 g/mol. The van der Waals surface area contributed by atoms with Crippen molar-refractivity contribution >= 4 is 17.7 Å². The Hall–Kier alpha value is -1.37. The zero-order chi connectivity index (χ0) is 13.2. The molecule has 1 aliphatic rings. The largest absolute Gasteiger partial charge is 0.573 e. The van der Waals surface area contributed by atoms with Crippen molar-refractivity contribution < 1.29 is 22.7 Å². The molecule has 0 aliphatic carbocycles. The number of hydrogen-bond acceptors (Lipinski definition) is 3. The van der Waals surface area contributed by atoms with E-state index in [2.05, 4.69) is 4.74 Å². The van der Waals surface area contributed by atoms with Crippen LogP contribution < -0.4 is 4.74 Å². The van der Waals surface area contributed by atoms with Gasteiger partial charge in [0.05, 0.1) is 5.88 Å². The molecule has 1 saturated heterocycles. The Morgan fingerprint density at radius 2 is 1.94 bits per heavy atom. The lowest BCUT2D eigenvalue weighted by Gasteiger charge is -2.14. The van der Waals surface area contributed by atoms with E-state index in [4.69, 9.17) is 0 Å². The van der Waals surface area contributed by atoms with Crippen LogP contribution in [0.5, 0.6) is 5.75 Å². The molecule has 0 spiro atoms. The molecule has 18 heavy (non-hydrogen) atoms. The van der Waals surface area contributed by atoms with Crippen LogP contribution in [0, 0.1) is 0 Å². The van der Waals surface area contributed by atoms with Gasteiger partial charge in [-0.1, -0.05) is 0 Å². The number of amides is 1. The van der Waals surface area contributed by atoms with Crippen molar-refractivity contribution in [3.8, 4) is 5.75 Å². The maximum absolute atomic E-state index is 11.9. The molecular formula is C11H10F3NO2S. The molecule has 1 fully saturated rings. The molecule has 1 heterocycles. The molecule has 0 bridgehead atoms. The highest BCUT2D eigenvalue weighted by Gasteiger charge is 2.31. The van der Waals surface area contributed by atoms with E-state index in [-0.39, 0.29) is 11.7 Å². The first-order chi connectivity index (χ1) is 8.46. The minimum atomic E-state index is -4.71. The minimum Gasteiger partial charge on any atom is -0.406 e. The number of nitrogens with zero attached hydrogens (tertiary/aromatic N) is 1. The number of rotatable bonds is 2. The fourth-order valence-electron chi connectivity index (χ4n) is 1.56. The minimum absolute atomic E-state index is 0.168. The monoisotopic (exact) mass is 277 g/mol. The number of ether oxygens (including phenoxy) is 1. The summed E-state index contributed by atoms with van der Waals surface area (Å²) in [6, 6.07) is 4.96. The lowest BCUT2D eigenvalue weighted by Crippen LogP contribution is -2.27. The van der Waals surface area contributed by atoms with Crippen molar-refractivity contribution in [1.29, 1.82) is 0 Å². The fraction of sp³-hybridized carbons (Fsp3) is 0.364.